The van der Waals surface area contributed by atoms with Gasteiger partial charge in [-0.05, 0) is 37.1 Å². The summed E-state index contributed by atoms with van der Waals surface area (Å²) in [6.07, 6.45) is 1.95. The number of hydrogen-bond donors (Lipinski definition) is 1. The Balaban J connectivity index is 1.45. The van der Waals surface area contributed by atoms with Crippen molar-refractivity contribution in [3.63, 3.8) is 0 Å². The van der Waals surface area contributed by atoms with Gasteiger partial charge in [-0.3, -0.25) is 4.79 Å². The topological polar surface area (TPSA) is 32.3 Å². The number of rotatable bonds is 1. The van der Waals surface area contributed by atoms with Crippen LogP contribution in [0.25, 0.3) is 0 Å². The van der Waals surface area contributed by atoms with E-state index in [1.165, 1.54) is 10.6 Å². The van der Waals surface area contributed by atoms with Gasteiger partial charge in [-0.2, -0.15) is 0 Å². The molecule has 2 aliphatic rings. The van der Waals surface area contributed by atoms with Crippen LogP contribution in [0.1, 0.15) is 23.2 Å². The van der Waals surface area contributed by atoms with Gasteiger partial charge in [0.15, 0.2) is 0 Å². The van der Waals surface area contributed by atoms with E-state index in [1.807, 2.05) is 47.0 Å². The highest BCUT2D eigenvalue weighted by Crippen LogP contribution is 2.50. The van der Waals surface area contributed by atoms with Crippen LogP contribution in [0.5, 0.6) is 0 Å². The van der Waals surface area contributed by atoms with Gasteiger partial charge in [0.25, 0.3) is 5.91 Å². The zero-order valence-corrected chi connectivity index (χ0v) is 13.1. The number of likely N-dealkylation sites (tertiary alicyclic amines) is 1. The number of hydrogen-bond acceptors (Lipinski definition) is 3. The summed E-state index contributed by atoms with van der Waals surface area (Å²) in [7, 11) is 0. The molecule has 2 aliphatic heterocycles. The molecule has 0 radical (unpaired) electrons. The number of nitrogens with zero attached hydrogens (tertiary/aromatic N) is 1. The predicted molar refractivity (Wildman–Crippen MR) is 90.2 cm³/mol. The lowest BCUT2D eigenvalue weighted by molar-refractivity contribution is 0.0712. The monoisotopic (exact) mass is 310 g/mol. The maximum absolute atomic E-state index is 12.5. The summed E-state index contributed by atoms with van der Waals surface area (Å²) in [4.78, 5) is 15.9. The van der Waals surface area contributed by atoms with E-state index in [4.69, 9.17) is 0 Å². The predicted octanol–water partition coefficient (Wildman–Crippen LogP) is 3.84. The summed E-state index contributed by atoms with van der Waals surface area (Å²) >= 11 is 1.92. The average Bonchev–Trinajstić information content (AvgIpc) is 2.93. The molecule has 0 bridgehead atoms. The fourth-order valence-corrected chi connectivity index (χ4v) is 4.55. The first-order chi connectivity index (χ1) is 10.8. The summed E-state index contributed by atoms with van der Waals surface area (Å²) in [5.74, 6) is 0.149. The Hall–Kier alpha value is -1.94. The molecule has 22 heavy (non-hydrogen) atoms. The first-order valence-electron chi connectivity index (χ1n) is 7.66. The highest BCUT2D eigenvalue weighted by atomic mass is 32.2. The lowest BCUT2D eigenvalue weighted by Gasteiger charge is -2.39. The first kappa shape index (κ1) is 13.7. The fraction of sp³-hybridized carbons (Fsp3) is 0.278. The van der Waals surface area contributed by atoms with Crippen LogP contribution >= 0.6 is 11.8 Å². The lowest BCUT2D eigenvalue weighted by Crippen LogP contribution is -2.47. The summed E-state index contributed by atoms with van der Waals surface area (Å²) < 4.78 is 0. The first-order valence-corrected chi connectivity index (χ1v) is 8.48. The molecule has 3 nitrogen and oxygen atoms in total. The van der Waals surface area contributed by atoms with Gasteiger partial charge in [-0.15, -0.1) is 0 Å². The molecule has 0 aliphatic carbocycles. The van der Waals surface area contributed by atoms with Gasteiger partial charge in [0, 0.05) is 29.2 Å². The van der Waals surface area contributed by atoms with Crippen molar-refractivity contribution in [2.24, 2.45) is 0 Å². The number of thioether (sulfide) groups is 1. The Morgan fingerprint density at radius 3 is 2.41 bits per heavy atom. The van der Waals surface area contributed by atoms with Gasteiger partial charge < -0.3 is 10.2 Å². The van der Waals surface area contributed by atoms with Gasteiger partial charge >= 0.3 is 0 Å². The molecule has 0 atom stereocenters. The molecule has 4 heteroatoms. The Labute approximate surface area is 134 Å². The van der Waals surface area contributed by atoms with Crippen LogP contribution in [0, 0.1) is 0 Å². The second-order valence-corrected chi connectivity index (χ2v) is 7.30. The van der Waals surface area contributed by atoms with Crippen molar-refractivity contribution in [3.05, 3.63) is 60.2 Å². The SMILES string of the molecule is O=C(c1ccccc1)N1CCC2(CC1)Nc1ccccc1S2. The van der Waals surface area contributed by atoms with Crippen molar-refractivity contribution < 1.29 is 4.79 Å². The zero-order chi connectivity index (χ0) is 15.0. The van der Waals surface area contributed by atoms with Gasteiger partial charge in [0.2, 0.25) is 0 Å². The van der Waals surface area contributed by atoms with Crippen molar-refractivity contribution >= 4 is 23.4 Å². The van der Waals surface area contributed by atoms with Crippen LogP contribution in [0.3, 0.4) is 0 Å². The van der Waals surface area contributed by atoms with E-state index in [-0.39, 0.29) is 10.8 Å². The van der Waals surface area contributed by atoms with Crippen molar-refractivity contribution in [3.8, 4) is 0 Å². The van der Waals surface area contributed by atoms with Crippen LogP contribution in [0.4, 0.5) is 5.69 Å². The van der Waals surface area contributed by atoms with Crippen LogP contribution in [0.15, 0.2) is 59.5 Å². The molecule has 1 N–H and O–H groups in total. The maximum atomic E-state index is 12.5. The quantitative estimate of drug-likeness (QED) is 0.868. The summed E-state index contributed by atoms with van der Waals surface area (Å²) in [6, 6.07) is 18.0. The van der Waals surface area contributed by atoms with E-state index < -0.39 is 0 Å². The van der Waals surface area contributed by atoms with Crippen LogP contribution < -0.4 is 5.32 Å². The summed E-state index contributed by atoms with van der Waals surface area (Å²) in [5, 5.41) is 3.67. The second kappa shape index (κ2) is 5.36. The molecule has 1 amide bonds. The molecule has 1 spiro atoms. The number of anilines is 1. The van der Waals surface area contributed by atoms with Crippen molar-refractivity contribution in [1.29, 1.82) is 0 Å². The van der Waals surface area contributed by atoms with Crippen molar-refractivity contribution in [1.82, 2.24) is 4.90 Å². The van der Waals surface area contributed by atoms with Crippen LogP contribution in [-0.2, 0) is 0 Å². The standard InChI is InChI=1S/C18H18N2OS/c21-17(14-6-2-1-3-7-14)20-12-10-18(11-13-20)19-15-8-4-5-9-16(15)22-18/h1-9,19H,10-13H2. The minimum Gasteiger partial charge on any atom is -0.369 e. The number of piperidine rings is 1. The smallest absolute Gasteiger partial charge is 0.253 e. The van der Waals surface area contributed by atoms with Crippen LogP contribution in [-0.4, -0.2) is 28.8 Å². The van der Waals surface area contributed by atoms with E-state index in [0.29, 0.717) is 0 Å². The fourth-order valence-electron chi connectivity index (χ4n) is 3.20. The molecule has 2 aromatic rings. The molecule has 1 fully saturated rings. The molecule has 4 rings (SSSR count). The summed E-state index contributed by atoms with van der Waals surface area (Å²) in [6.45, 7) is 1.61. The number of carbonyl (C=O) groups excluding carboxylic acids is 1. The number of nitrogens with one attached hydrogen (secondary N) is 1. The lowest BCUT2D eigenvalue weighted by atomic mass is 10.0. The van der Waals surface area contributed by atoms with Gasteiger partial charge in [-0.25, -0.2) is 0 Å². The van der Waals surface area contributed by atoms with E-state index in [2.05, 4.69) is 29.6 Å². The van der Waals surface area contributed by atoms with Crippen LogP contribution in [0.2, 0.25) is 0 Å². The average molecular weight is 310 g/mol. The van der Waals surface area contributed by atoms with E-state index >= 15 is 0 Å². The highest BCUT2D eigenvalue weighted by Gasteiger charge is 2.41. The molecule has 0 unspecified atom stereocenters. The number of carbonyl (C=O) groups is 1. The number of fused-ring (bicyclic) bond motifs is 1. The third-order valence-electron chi connectivity index (χ3n) is 4.43. The molecule has 0 aromatic heterocycles. The summed E-state index contributed by atoms with van der Waals surface area (Å²) in [5.41, 5.74) is 2.02. The van der Waals surface area contributed by atoms with Crippen molar-refractivity contribution in [2.45, 2.75) is 22.6 Å². The Morgan fingerprint density at radius 2 is 1.68 bits per heavy atom. The van der Waals surface area contributed by atoms with E-state index in [1.54, 1.807) is 0 Å². The van der Waals surface area contributed by atoms with Gasteiger partial charge in [0.05, 0.1) is 4.87 Å². The number of benzene rings is 2. The van der Waals surface area contributed by atoms with Gasteiger partial charge in [-0.1, -0.05) is 42.1 Å². The number of amides is 1. The normalized spacial score (nSPS) is 18.8. The zero-order valence-electron chi connectivity index (χ0n) is 12.3. The second-order valence-electron chi connectivity index (χ2n) is 5.88. The highest BCUT2D eigenvalue weighted by molar-refractivity contribution is 8.01. The Kier molecular flexibility index (Phi) is 3.34. The molecule has 2 heterocycles. The van der Waals surface area contributed by atoms with E-state index in [0.717, 1.165) is 31.5 Å². The third-order valence-corrected chi connectivity index (χ3v) is 5.91. The van der Waals surface area contributed by atoms with E-state index in [9.17, 15) is 4.79 Å². The Bertz CT molecular complexity index is 666. The molecule has 0 saturated carbocycles. The molecule has 1 saturated heterocycles. The number of para-hydroxylation sites is 1. The Morgan fingerprint density at radius 1 is 1.00 bits per heavy atom. The maximum Gasteiger partial charge on any atom is 0.253 e. The molecular weight excluding hydrogens is 292 g/mol. The van der Waals surface area contributed by atoms with Crippen molar-refractivity contribution in [2.75, 3.05) is 18.4 Å². The molecule has 2 aromatic carbocycles. The molecular formula is C18H18N2OS. The minimum atomic E-state index is 0.0666. The largest absolute Gasteiger partial charge is 0.369 e. The third kappa shape index (κ3) is 2.37. The molecule has 112 valence electrons. The van der Waals surface area contributed by atoms with Gasteiger partial charge in [0.1, 0.15) is 0 Å². The minimum absolute atomic E-state index is 0.0666.